The molecule has 0 fully saturated rings. The van der Waals surface area contributed by atoms with E-state index in [1.54, 1.807) is 7.05 Å². The molecule has 0 N–H and O–H groups in total. The molecule has 2 aromatic rings. The fourth-order valence-electron chi connectivity index (χ4n) is 2.90. The van der Waals surface area contributed by atoms with Crippen LogP contribution < -0.4 is 16.3 Å². The predicted octanol–water partition coefficient (Wildman–Crippen LogP) is 1.07. The van der Waals surface area contributed by atoms with Gasteiger partial charge in [0.05, 0.1) is 12.3 Å². The van der Waals surface area contributed by atoms with Gasteiger partial charge < -0.3 is 0 Å². The maximum Gasteiger partial charge on any atom is 0.332 e. The molecule has 0 saturated heterocycles. The van der Waals surface area contributed by atoms with Crippen LogP contribution in [0.2, 0.25) is 0 Å². The van der Waals surface area contributed by atoms with E-state index in [1.807, 2.05) is 9.58 Å². The highest BCUT2D eigenvalue weighted by atomic mass is 16.2. The minimum atomic E-state index is -0.373. The van der Waals surface area contributed by atoms with Crippen molar-refractivity contribution >= 4 is 22.8 Å². The average Bonchev–Trinajstić information content (AvgIpc) is 2.90. The van der Waals surface area contributed by atoms with Crippen molar-refractivity contribution in [2.24, 2.45) is 24.6 Å². The molecule has 1 aliphatic heterocycles. The molecule has 8 heteroatoms. The summed E-state index contributed by atoms with van der Waals surface area (Å²) in [6.07, 6.45) is 0.904. The van der Waals surface area contributed by atoms with Crippen LogP contribution in [0.1, 0.15) is 34.1 Å². The van der Waals surface area contributed by atoms with Gasteiger partial charge in [-0.25, -0.2) is 9.80 Å². The zero-order chi connectivity index (χ0) is 17.8. The smallest absolute Gasteiger partial charge is 0.297 e. The Bertz CT molecular complexity index is 954. The first-order chi connectivity index (χ1) is 11.2. The summed E-state index contributed by atoms with van der Waals surface area (Å²) in [4.78, 5) is 29.4. The summed E-state index contributed by atoms with van der Waals surface area (Å²) >= 11 is 0. The fraction of sp³-hybridized carbons (Fsp3) is 0.625. The summed E-state index contributed by atoms with van der Waals surface area (Å²) in [7, 11) is 3.13. The van der Waals surface area contributed by atoms with Gasteiger partial charge in [0.15, 0.2) is 11.2 Å². The molecule has 0 spiro atoms. The van der Waals surface area contributed by atoms with Gasteiger partial charge >= 0.3 is 5.69 Å². The summed E-state index contributed by atoms with van der Waals surface area (Å²) in [5.41, 5.74) is 1.03. The topological polar surface area (TPSA) is 77.4 Å². The number of hydrogen-bond donors (Lipinski definition) is 0. The second kappa shape index (κ2) is 5.32. The highest BCUT2D eigenvalue weighted by molar-refractivity contribution is 5.93. The standard InChI is InChI=1S/C16H24N6O2/c1-7-8-22-14-17-12-11(13(23)20(6)15(24)19(12)5)21(14)9-10(18-22)16(2,3)4/h7-9H2,1-6H3. The Kier molecular flexibility index (Phi) is 3.65. The molecule has 0 saturated carbocycles. The van der Waals surface area contributed by atoms with Crippen LogP contribution in [0.4, 0.5) is 5.95 Å². The lowest BCUT2D eigenvalue weighted by molar-refractivity contribution is 0.548. The molecule has 0 aliphatic carbocycles. The van der Waals surface area contributed by atoms with Crippen LogP contribution in [-0.4, -0.2) is 30.9 Å². The zero-order valence-electron chi connectivity index (χ0n) is 15.1. The van der Waals surface area contributed by atoms with E-state index < -0.39 is 0 Å². The molecule has 3 rings (SSSR count). The van der Waals surface area contributed by atoms with Crippen molar-refractivity contribution in [2.45, 2.75) is 40.7 Å². The molecule has 130 valence electrons. The number of nitrogens with zero attached hydrogens (tertiary/aromatic N) is 6. The van der Waals surface area contributed by atoms with Crippen molar-refractivity contribution in [3.8, 4) is 0 Å². The number of fused-ring (bicyclic) bond motifs is 3. The van der Waals surface area contributed by atoms with E-state index >= 15 is 0 Å². The second-order valence-corrected chi connectivity index (χ2v) is 7.30. The van der Waals surface area contributed by atoms with Crippen molar-refractivity contribution < 1.29 is 0 Å². The van der Waals surface area contributed by atoms with Gasteiger partial charge in [0.2, 0.25) is 5.95 Å². The Labute approximate surface area is 140 Å². The number of hydrogen-bond acceptors (Lipinski definition) is 5. The van der Waals surface area contributed by atoms with Gasteiger partial charge in [0.1, 0.15) is 0 Å². The number of anilines is 1. The predicted molar refractivity (Wildman–Crippen MR) is 94.7 cm³/mol. The third-order valence-corrected chi connectivity index (χ3v) is 4.41. The van der Waals surface area contributed by atoms with E-state index in [2.05, 4.69) is 32.7 Å². The summed E-state index contributed by atoms with van der Waals surface area (Å²) in [6, 6.07) is 0. The van der Waals surface area contributed by atoms with Crippen LogP contribution >= 0.6 is 0 Å². The third kappa shape index (κ3) is 2.28. The number of aryl methyl sites for hydroxylation is 1. The molecular weight excluding hydrogens is 308 g/mol. The number of rotatable bonds is 2. The lowest BCUT2D eigenvalue weighted by Crippen LogP contribution is -2.39. The van der Waals surface area contributed by atoms with Gasteiger partial charge in [-0.15, -0.1) is 0 Å². The van der Waals surface area contributed by atoms with Crippen molar-refractivity contribution in [3.05, 3.63) is 20.8 Å². The Morgan fingerprint density at radius 3 is 2.38 bits per heavy atom. The van der Waals surface area contributed by atoms with Crippen LogP contribution in [0.25, 0.3) is 11.2 Å². The highest BCUT2D eigenvalue weighted by Gasteiger charge is 2.31. The van der Waals surface area contributed by atoms with Crippen molar-refractivity contribution in [3.63, 3.8) is 0 Å². The van der Waals surface area contributed by atoms with E-state index in [0.29, 0.717) is 30.2 Å². The minimum Gasteiger partial charge on any atom is -0.297 e. The first-order valence-electron chi connectivity index (χ1n) is 8.18. The lowest BCUT2D eigenvalue weighted by Gasteiger charge is -2.31. The van der Waals surface area contributed by atoms with Crippen molar-refractivity contribution in [1.82, 2.24) is 18.7 Å². The van der Waals surface area contributed by atoms with E-state index in [1.165, 1.54) is 11.6 Å². The van der Waals surface area contributed by atoms with Gasteiger partial charge in [-0.2, -0.15) is 10.1 Å². The molecule has 0 unspecified atom stereocenters. The molecule has 3 heterocycles. The summed E-state index contributed by atoms with van der Waals surface area (Å²) < 4.78 is 4.44. The molecule has 8 nitrogen and oxygen atoms in total. The normalized spacial score (nSPS) is 14.9. The minimum absolute atomic E-state index is 0.119. The highest BCUT2D eigenvalue weighted by Crippen LogP contribution is 2.28. The SMILES string of the molecule is CCCN1N=C(C(C)(C)C)Cn2c1nc1c2c(=O)n(C)c(=O)n1C. The van der Waals surface area contributed by atoms with E-state index in [4.69, 9.17) is 5.10 Å². The van der Waals surface area contributed by atoms with Crippen LogP contribution in [0, 0.1) is 5.41 Å². The molecule has 0 atom stereocenters. The maximum absolute atomic E-state index is 12.7. The molecule has 0 amide bonds. The third-order valence-electron chi connectivity index (χ3n) is 4.41. The average molecular weight is 332 g/mol. The molecule has 0 bridgehead atoms. The van der Waals surface area contributed by atoms with Gasteiger partial charge in [0, 0.05) is 26.1 Å². The number of aromatic nitrogens is 4. The molecular formula is C16H24N6O2. The molecule has 24 heavy (non-hydrogen) atoms. The fourth-order valence-corrected chi connectivity index (χ4v) is 2.90. The van der Waals surface area contributed by atoms with Crippen LogP contribution in [-0.2, 0) is 20.6 Å². The van der Waals surface area contributed by atoms with E-state index in [9.17, 15) is 9.59 Å². The molecule has 1 aliphatic rings. The lowest BCUT2D eigenvalue weighted by atomic mass is 9.89. The van der Waals surface area contributed by atoms with Gasteiger partial charge in [-0.1, -0.05) is 27.7 Å². The summed E-state index contributed by atoms with van der Waals surface area (Å²) in [5, 5.41) is 6.60. The number of imidazole rings is 1. The van der Waals surface area contributed by atoms with Gasteiger partial charge in [0.25, 0.3) is 5.56 Å². The summed E-state index contributed by atoms with van der Waals surface area (Å²) in [6.45, 7) is 9.60. The van der Waals surface area contributed by atoms with Crippen LogP contribution in [0.15, 0.2) is 14.7 Å². The Balaban J connectivity index is 2.35. The Morgan fingerprint density at radius 2 is 1.79 bits per heavy atom. The zero-order valence-corrected chi connectivity index (χ0v) is 15.1. The van der Waals surface area contributed by atoms with Crippen molar-refractivity contribution in [2.75, 3.05) is 11.6 Å². The van der Waals surface area contributed by atoms with Crippen LogP contribution in [0.3, 0.4) is 0 Å². The Morgan fingerprint density at radius 1 is 1.12 bits per heavy atom. The Hall–Kier alpha value is -2.38. The molecule has 0 aromatic carbocycles. The summed E-state index contributed by atoms with van der Waals surface area (Å²) in [5.74, 6) is 0.623. The monoisotopic (exact) mass is 332 g/mol. The van der Waals surface area contributed by atoms with Crippen molar-refractivity contribution in [1.29, 1.82) is 0 Å². The first kappa shape index (κ1) is 16.5. The maximum atomic E-state index is 12.7. The second-order valence-electron chi connectivity index (χ2n) is 7.30. The molecule has 2 aromatic heterocycles. The largest absolute Gasteiger partial charge is 0.332 e. The van der Waals surface area contributed by atoms with E-state index in [0.717, 1.165) is 16.7 Å². The first-order valence-corrected chi connectivity index (χ1v) is 8.18. The van der Waals surface area contributed by atoms with Gasteiger partial charge in [-0.3, -0.25) is 18.5 Å². The molecule has 0 radical (unpaired) electrons. The number of hydrazone groups is 1. The quantitative estimate of drug-likeness (QED) is 0.824. The van der Waals surface area contributed by atoms with Gasteiger partial charge in [-0.05, 0) is 6.42 Å². The van der Waals surface area contributed by atoms with E-state index in [-0.39, 0.29) is 16.7 Å². The van der Waals surface area contributed by atoms with Crippen LogP contribution in [0.5, 0.6) is 0 Å².